The molecular formula is C28H21N3O4S. The van der Waals surface area contributed by atoms with E-state index in [9.17, 15) is 14.4 Å². The zero-order valence-electron chi connectivity index (χ0n) is 19.3. The summed E-state index contributed by atoms with van der Waals surface area (Å²) in [7, 11) is 1.53. The zero-order chi connectivity index (χ0) is 25.1. The highest BCUT2D eigenvalue weighted by Gasteiger charge is 2.23. The second kappa shape index (κ2) is 9.97. The van der Waals surface area contributed by atoms with Crippen molar-refractivity contribution < 1.29 is 14.3 Å². The molecule has 0 aliphatic rings. The fourth-order valence-electron chi connectivity index (χ4n) is 4.03. The number of nitrogens with one attached hydrogen (secondary N) is 1. The van der Waals surface area contributed by atoms with Gasteiger partial charge >= 0.3 is 5.97 Å². The number of carbonyl (C=O) groups is 2. The molecule has 2 aromatic heterocycles. The molecule has 0 aliphatic heterocycles. The van der Waals surface area contributed by atoms with Gasteiger partial charge in [0.25, 0.3) is 11.5 Å². The Kier molecular flexibility index (Phi) is 6.42. The first-order valence-electron chi connectivity index (χ1n) is 11.2. The highest BCUT2D eigenvalue weighted by atomic mass is 32.1. The highest BCUT2D eigenvalue weighted by Crippen LogP contribution is 2.31. The maximum atomic E-state index is 13.2. The summed E-state index contributed by atoms with van der Waals surface area (Å²) in [6, 6.07) is 26.0. The third-order valence-electron chi connectivity index (χ3n) is 5.71. The second-order valence-corrected chi connectivity index (χ2v) is 8.89. The largest absolute Gasteiger partial charge is 0.451 e. The van der Waals surface area contributed by atoms with Crippen molar-refractivity contribution in [3.8, 4) is 22.4 Å². The minimum absolute atomic E-state index is 0.0818. The summed E-state index contributed by atoms with van der Waals surface area (Å²) < 4.78 is 6.64. The normalized spacial score (nSPS) is 10.8. The first kappa shape index (κ1) is 23.2. The van der Waals surface area contributed by atoms with E-state index in [1.165, 1.54) is 23.0 Å². The van der Waals surface area contributed by atoms with Crippen molar-refractivity contribution >= 4 is 39.1 Å². The number of hydrogen-bond donors (Lipinski definition) is 1. The molecule has 178 valence electrons. The van der Waals surface area contributed by atoms with Gasteiger partial charge in [-0.2, -0.15) is 0 Å². The quantitative estimate of drug-likeness (QED) is 0.330. The second-order valence-electron chi connectivity index (χ2n) is 8.03. The summed E-state index contributed by atoms with van der Waals surface area (Å²) in [4.78, 5) is 43.2. The van der Waals surface area contributed by atoms with Gasteiger partial charge in [0.15, 0.2) is 11.7 Å². The van der Waals surface area contributed by atoms with Crippen LogP contribution in [0.1, 0.15) is 10.5 Å². The van der Waals surface area contributed by atoms with Gasteiger partial charge in [-0.25, -0.2) is 9.78 Å². The number of hydrogen-bond acceptors (Lipinski definition) is 6. The summed E-state index contributed by atoms with van der Waals surface area (Å²) in [5, 5.41) is 6.04. The Bertz CT molecular complexity index is 1630. The molecule has 0 unspecified atom stereocenters. The lowest BCUT2D eigenvalue weighted by Gasteiger charge is -2.16. The summed E-state index contributed by atoms with van der Waals surface area (Å²) in [6.07, 6.45) is 0. The molecule has 0 bridgehead atoms. The molecule has 8 heteroatoms. The van der Waals surface area contributed by atoms with Crippen molar-refractivity contribution in [1.29, 1.82) is 0 Å². The topological polar surface area (TPSA) is 90.3 Å². The molecule has 0 radical (unpaired) electrons. The van der Waals surface area contributed by atoms with Gasteiger partial charge in [0.1, 0.15) is 5.69 Å². The Morgan fingerprint density at radius 1 is 0.889 bits per heavy atom. The molecule has 1 amide bonds. The van der Waals surface area contributed by atoms with Crippen molar-refractivity contribution in [1.82, 2.24) is 9.55 Å². The number of ether oxygens (including phenoxy) is 1. The standard InChI is InChI=1S/C28H21N3O4S/c1-31-25(24(19-12-6-3-7-13-19)20-14-8-9-15-21(20)26(31)33)27(34)35-16-23(32)30-28-29-22(17-36-28)18-10-4-2-5-11-18/h2-15,17H,16H2,1H3,(H,29,30,32). The van der Waals surface area contributed by atoms with E-state index in [0.717, 1.165) is 16.8 Å². The first-order valence-corrected chi connectivity index (χ1v) is 12.1. The smallest absolute Gasteiger partial charge is 0.356 e. The first-order chi connectivity index (χ1) is 17.5. The van der Waals surface area contributed by atoms with Crippen LogP contribution in [0.3, 0.4) is 0 Å². The Morgan fingerprint density at radius 3 is 2.19 bits per heavy atom. The number of amides is 1. The van der Waals surface area contributed by atoms with Crippen molar-refractivity contribution in [2.24, 2.45) is 7.05 Å². The van der Waals surface area contributed by atoms with E-state index < -0.39 is 18.5 Å². The molecule has 0 spiro atoms. The van der Waals surface area contributed by atoms with Gasteiger partial charge in [0.2, 0.25) is 0 Å². The Balaban J connectivity index is 1.39. The van der Waals surface area contributed by atoms with Crippen molar-refractivity contribution in [2.75, 3.05) is 11.9 Å². The monoisotopic (exact) mass is 495 g/mol. The van der Waals surface area contributed by atoms with E-state index >= 15 is 0 Å². The third-order valence-corrected chi connectivity index (χ3v) is 6.47. The molecule has 0 saturated heterocycles. The molecule has 0 fully saturated rings. The van der Waals surface area contributed by atoms with Gasteiger partial charge in [0, 0.05) is 28.9 Å². The summed E-state index contributed by atoms with van der Waals surface area (Å²) in [5.41, 5.74) is 2.78. The van der Waals surface area contributed by atoms with Gasteiger partial charge in [-0.05, 0) is 17.0 Å². The van der Waals surface area contributed by atoms with Crippen LogP contribution in [-0.2, 0) is 16.6 Å². The van der Waals surface area contributed by atoms with Crippen LogP contribution in [0.2, 0.25) is 0 Å². The predicted molar refractivity (Wildman–Crippen MR) is 141 cm³/mol. The van der Waals surface area contributed by atoms with E-state index in [-0.39, 0.29) is 11.3 Å². The third kappa shape index (κ3) is 4.54. The van der Waals surface area contributed by atoms with Crippen LogP contribution in [0.15, 0.2) is 95.1 Å². The number of esters is 1. The molecule has 3 aromatic carbocycles. The number of benzene rings is 3. The molecule has 0 saturated carbocycles. The average Bonchev–Trinajstić information content (AvgIpc) is 3.38. The van der Waals surface area contributed by atoms with E-state index in [1.54, 1.807) is 18.2 Å². The molecule has 1 N–H and O–H groups in total. The van der Waals surface area contributed by atoms with E-state index in [0.29, 0.717) is 21.5 Å². The molecule has 0 aliphatic carbocycles. The minimum atomic E-state index is -0.765. The molecule has 7 nitrogen and oxygen atoms in total. The molecular weight excluding hydrogens is 474 g/mol. The Labute approximate surface area is 210 Å². The van der Waals surface area contributed by atoms with Crippen LogP contribution < -0.4 is 10.9 Å². The number of rotatable bonds is 6. The van der Waals surface area contributed by atoms with Crippen molar-refractivity contribution in [2.45, 2.75) is 0 Å². The minimum Gasteiger partial charge on any atom is -0.451 e. The van der Waals surface area contributed by atoms with Gasteiger partial charge < -0.3 is 9.30 Å². The highest BCUT2D eigenvalue weighted by molar-refractivity contribution is 7.14. The number of aromatic nitrogens is 2. The van der Waals surface area contributed by atoms with Gasteiger partial charge in [0.05, 0.1) is 5.69 Å². The number of carbonyl (C=O) groups excluding carboxylic acids is 2. The van der Waals surface area contributed by atoms with Gasteiger partial charge in [-0.15, -0.1) is 11.3 Å². The lowest BCUT2D eigenvalue weighted by molar-refractivity contribution is -0.119. The van der Waals surface area contributed by atoms with Crippen LogP contribution >= 0.6 is 11.3 Å². The fraction of sp³-hybridized carbons (Fsp3) is 0.0714. The van der Waals surface area contributed by atoms with Crippen LogP contribution in [0.25, 0.3) is 33.2 Å². The summed E-state index contributed by atoms with van der Waals surface area (Å²) in [5.74, 6) is -1.29. The van der Waals surface area contributed by atoms with Crippen LogP contribution in [-0.4, -0.2) is 28.0 Å². The van der Waals surface area contributed by atoms with Crippen LogP contribution in [0, 0.1) is 0 Å². The summed E-state index contributed by atoms with van der Waals surface area (Å²) in [6.45, 7) is -0.520. The molecule has 5 rings (SSSR count). The number of anilines is 1. The number of fused-ring (bicyclic) bond motifs is 1. The molecule has 2 heterocycles. The van der Waals surface area contributed by atoms with E-state index in [2.05, 4.69) is 10.3 Å². The number of nitrogens with zero attached hydrogens (tertiary/aromatic N) is 2. The fourth-order valence-corrected chi connectivity index (χ4v) is 4.76. The van der Waals surface area contributed by atoms with Crippen LogP contribution in [0.5, 0.6) is 0 Å². The Morgan fingerprint density at radius 2 is 1.50 bits per heavy atom. The maximum Gasteiger partial charge on any atom is 0.356 e. The summed E-state index contributed by atoms with van der Waals surface area (Å²) >= 11 is 1.28. The van der Waals surface area contributed by atoms with Crippen molar-refractivity contribution in [3.05, 3.63) is 106 Å². The average molecular weight is 496 g/mol. The van der Waals surface area contributed by atoms with Gasteiger partial charge in [-0.1, -0.05) is 78.9 Å². The van der Waals surface area contributed by atoms with Gasteiger partial charge in [-0.3, -0.25) is 14.9 Å². The number of pyridine rings is 1. The van der Waals surface area contributed by atoms with E-state index in [4.69, 9.17) is 4.74 Å². The van der Waals surface area contributed by atoms with Crippen LogP contribution in [0.4, 0.5) is 5.13 Å². The maximum absolute atomic E-state index is 13.2. The SMILES string of the molecule is Cn1c(C(=O)OCC(=O)Nc2nc(-c3ccccc3)cs2)c(-c2ccccc2)c2ccccc2c1=O. The van der Waals surface area contributed by atoms with E-state index in [1.807, 2.05) is 72.1 Å². The number of thiazole rings is 1. The van der Waals surface area contributed by atoms with Crippen molar-refractivity contribution in [3.63, 3.8) is 0 Å². The molecule has 36 heavy (non-hydrogen) atoms. The molecule has 5 aromatic rings. The molecule has 0 atom stereocenters. The predicted octanol–water partition coefficient (Wildman–Crippen LogP) is 5.12. The lowest BCUT2D eigenvalue weighted by Crippen LogP contribution is -2.28. The Hall–Kier alpha value is -4.56. The lowest BCUT2D eigenvalue weighted by atomic mass is 9.97. The zero-order valence-corrected chi connectivity index (χ0v) is 20.1.